The van der Waals surface area contributed by atoms with Gasteiger partial charge in [0.2, 0.25) is 11.8 Å². The molecule has 4 fully saturated rings. The number of fused-ring (bicyclic) bond motifs is 2. The molecule has 2 amide bonds. The highest BCUT2D eigenvalue weighted by molar-refractivity contribution is 6.06. The van der Waals surface area contributed by atoms with Gasteiger partial charge >= 0.3 is 0 Å². The van der Waals surface area contributed by atoms with Crippen LogP contribution in [0.3, 0.4) is 0 Å². The van der Waals surface area contributed by atoms with Gasteiger partial charge in [-0.15, -0.1) is 0 Å². The Bertz CT molecular complexity index is 388. The van der Waals surface area contributed by atoms with Gasteiger partial charge in [0, 0.05) is 0 Å². The minimum absolute atomic E-state index is 0.144. The summed E-state index contributed by atoms with van der Waals surface area (Å²) in [5, 5.41) is 11.7. The van der Waals surface area contributed by atoms with E-state index in [1.807, 2.05) is 0 Å². The Balaban J connectivity index is 2.10. The van der Waals surface area contributed by atoms with Crippen LogP contribution in [-0.4, -0.2) is 11.8 Å². The number of imide groups is 1. The van der Waals surface area contributed by atoms with Gasteiger partial charge < -0.3 is 0 Å². The molecule has 4 heteroatoms. The fourth-order valence-corrected chi connectivity index (χ4v) is 3.68. The fourth-order valence-electron chi connectivity index (χ4n) is 3.68. The lowest BCUT2D eigenvalue weighted by atomic mass is 9.52. The van der Waals surface area contributed by atoms with E-state index in [0.717, 1.165) is 25.7 Å². The van der Waals surface area contributed by atoms with Gasteiger partial charge in [-0.1, -0.05) is 0 Å². The van der Waals surface area contributed by atoms with Crippen LogP contribution in [0.15, 0.2) is 0 Å². The molecule has 15 heavy (non-hydrogen) atoms. The van der Waals surface area contributed by atoms with Crippen LogP contribution < -0.4 is 5.32 Å². The molecule has 3 aliphatic carbocycles. The second-order valence-corrected chi connectivity index (χ2v) is 4.96. The molecule has 4 nitrogen and oxygen atoms in total. The molecule has 4 aliphatic rings. The molecule has 4 rings (SSSR count). The molecule has 0 unspecified atom stereocenters. The third-order valence-corrected chi connectivity index (χ3v) is 4.44. The molecule has 1 aliphatic heterocycles. The van der Waals surface area contributed by atoms with Crippen molar-refractivity contribution >= 4 is 11.8 Å². The first-order valence-electron chi connectivity index (χ1n) is 5.44. The van der Waals surface area contributed by atoms with E-state index < -0.39 is 5.41 Å². The van der Waals surface area contributed by atoms with Crippen molar-refractivity contribution in [1.29, 1.82) is 5.26 Å². The summed E-state index contributed by atoms with van der Waals surface area (Å²) in [6.45, 7) is 0. The number of rotatable bonds is 0. The zero-order valence-electron chi connectivity index (χ0n) is 8.32. The lowest BCUT2D eigenvalue weighted by Gasteiger charge is -2.48. The molecule has 0 aromatic carbocycles. The van der Waals surface area contributed by atoms with Crippen LogP contribution in [0.2, 0.25) is 0 Å². The Kier molecular flexibility index (Phi) is 1.54. The van der Waals surface area contributed by atoms with Crippen molar-refractivity contribution in [3.05, 3.63) is 0 Å². The lowest BCUT2D eigenvalue weighted by Crippen LogP contribution is -2.49. The van der Waals surface area contributed by atoms with Crippen molar-refractivity contribution in [2.45, 2.75) is 25.7 Å². The molecule has 3 saturated carbocycles. The first kappa shape index (κ1) is 8.90. The Hall–Kier alpha value is -1.37. The molecule has 1 heterocycles. The zero-order chi connectivity index (χ0) is 10.6. The number of carbonyl (C=O) groups excluding carboxylic acids is 2. The highest BCUT2D eigenvalue weighted by Gasteiger charge is 2.62. The Labute approximate surface area is 87.6 Å². The zero-order valence-corrected chi connectivity index (χ0v) is 8.32. The van der Waals surface area contributed by atoms with Gasteiger partial charge in [0.05, 0.1) is 23.3 Å². The van der Waals surface area contributed by atoms with Gasteiger partial charge in [-0.05, 0) is 31.6 Å². The second kappa shape index (κ2) is 2.60. The van der Waals surface area contributed by atoms with Crippen LogP contribution >= 0.6 is 0 Å². The maximum absolute atomic E-state index is 11.7. The molecule has 0 aromatic rings. The second-order valence-electron chi connectivity index (χ2n) is 4.96. The van der Waals surface area contributed by atoms with E-state index in [9.17, 15) is 14.9 Å². The summed E-state index contributed by atoms with van der Waals surface area (Å²) < 4.78 is 0. The number of nitrogens with one attached hydrogen (secondary N) is 1. The van der Waals surface area contributed by atoms with E-state index >= 15 is 0 Å². The van der Waals surface area contributed by atoms with E-state index in [2.05, 4.69) is 11.4 Å². The monoisotopic (exact) mass is 204 g/mol. The van der Waals surface area contributed by atoms with Crippen LogP contribution in [0.4, 0.5) is 0 Å². The molecule has 2 bridgehead atoms. The standard InChI is InChI=1S/C11H12N2O2/c12-5-11-3-1-6(2-4-11)7-8(11)10(15)13-9(7)14/h6-8H,1-4H2,(H,13,14,15)/t6?,7-,8-,11?/m1/s1. The minimum atomic E-state index is -0.546. The van der Waals surface area contributed by atoms with Crippen LogP contribution in [0, 0.1) is 34.5 Å². The van der Waals surface area contributed by atoms with Gasteiger partial charge in [-0.25, -0.2) is 0 Å². The molecule has 0 spiro atoms. The van der Waals surface area contributed by atoms with E-state index in [1.165, 1.54) is 0 Å². The summed E-state index contributed by atoms with van der Waals surface area (Å²) in [5.74, 6) is -0.594. The average molecular weight is 204 g/mol. The van der Waals surface area contributed by atoms with Gasteiger partial charge in [-0.3, -0.25) is 14.9 Å². The van der Waals surface area contributed by atoms with Gasteiger partial charge in [0.15, 0.2) is 0 Å². The summed E-state index contributed by atoms with van der Waals surface area (Å²) >= 11 is 0. The van der Waals surface area contributed by atoms with Crippen LogP contribution in [0.5, 0.6) is 0 Å². The molecular weight excluding hydrogens is 192 g/mol. The third-order valence-electron chi connectivity index (χ3n) is 4.44. The largest absolute Gasteiger partial charge is 0.296 e. The van der Waals surface area contributed by atoms with Gasteiger partial charge in [0.1, 0.15) is 0 Å². The molecule has 2 atom stereocenters. The molecule has 1 saturated heterocycles. The minimum Gasteiger partial charge on any atom is -0.296 e. The molecule has 0 radical (unpaired) electrons. The third kappa shape index (κ3) is 0.909. The number of nitrogens with zero attached hydrogens (tertiary/aromatic N) is 1. The molecular formula is C11H12N2O2. The predicted octanol–water partition coefficient (Wildman–Crippen LogP) is 0.589. The maximum Gasteiger partial charge on any atom is 0.232 e. The topological polar surface area (TPSA) is 70.0 Å². The van der Waals surface area contributed by atoms with Crippen molar-refractivity contribution in [1.82, 2.24) is 5.32 Å². The van der Waals surface area contributed by atoms with Crippen molar-refractivity contribution < 1.29 is 9.59 Å². The highest BCUT2D eigenvalue weighted by atomic mass is 16.2. The van der Waals surface area contributed by atoms with E-state index in [1.54, 1.807) is 0 Å². The normalized spacial score (nSPS) is 47.3. The highest BCUT2D eigenvalue weighted by Crippen LogP contribution is 2.57. The quantitative estimate of drug-likeness (QED) is 0.587. The Morgan fingerprint density at radius 3 is 2.53 bits per heavy atom. The number of hydrogen-bond donors (Lipinski definition) is 1. The number of hydrogen-bond acceptors (Lipinski definition) is 3. The van der Waals surface area contributed by atoms with Crippen LogP contribution in [0.1, 0.15) is 25.7 Å². The summed E-state index contributed by atoms with van der Waals surface area (Å²) in [7, 11) is 0. The van der Waals surface area contributed by atoms with Crippen LogP contribution in [0.25, 0.3) is 0 Å². The number of carbonyl (C=O) groups is 2. The molecule has 1 N–H and O–H groups in total. The summed E-state index contributed by atoms with van der Waals surface area (Å²) in [6.07, 6.45) is 3.43. The van der Waals surface area contributed by atoms with Crippen molar-refractivity contribution in [3.8, 4) is 6.07 Å². The Morgan fingerprint density at radius 2 is 1.93 bits per heavy atom. The van der Waals surface area contributed by atoms with E-state index in [0.29, 0.717) is 5.92 Å². The smallest absolute Gasteiger partial charge is 0.232 e. The van der Waals surface area contributed by atoms with E-state index in [4.69, 9.17) is 0 Å². The summed E-state index contributed by atoms with van der Waals surface area (Å²) in [4.78, 5) is 23.3. The molecule has 0 aromatic heterocycles. The van der Waals surface area contributed by atoms with Gasteiger partial charge in [0.25, 0.3) is 0 Å². The maximum atomic E-state index is 11.7. The average Bonchev–Trinajstić information content (AvgIpc) is 2.59. The van der Waals surface area contributed by atoms with Crippen molar-refractivity contribution in [2.75, 3.05) is 0 Å². The predicted molar refractivity (Wildman–Crippen MR) is 50.1 cm³/mol. The number of amides is 2. The lowest BCUT2D eigenvalue weighted by molar-refractivity contribution is -0.133. The van der Waals surface area contributed by atoms with Gasteiger partial charge in [-0.2, -0.15) is 5.26 Å². The summed E-state index contributed by atoms with van der Waals surface area (Å²) in [5.41, 5.74) is -0.546. The van der Waals surface area contributed by atoms with Crippen molar-refractivity contribution in [2.24, 2.45) is 23.2 Å². The first-order chi connectivity index (χ1) is 7.18. The SMILES string of the molecule is N#CC12CCC(CC1)[C@H]1C(=O)NC(=O)[C@@H]12. The van der Waals surface area contributed by atoms with Crippen molar-refractivity contribution in [3.63, 3.8) is 0 Å². The summed E-state index contributed by atoms with van der Waals surface area (Å²) in [6, 6.07) is 2.31. The number of nitriles is 1. The fraction of sp³-hybridized carbons (Fsp3) is 0.727. The Morgan fingerprint density at radius 1 is 1.27 bits per heavy atom. The van der Waals surface area contributed by atoms with Crippen LogP contribution in [-0.2, 0) is 9.59 Å². The first-order valence-corrected chi connectivity index (χ1v) is 5.44. The van der Waals surface area contributed by atoms with E-state index in [-0.39, 0.29) is 23.7 Å². The molecule has 78 valence electrons.